The lowest BCUT2D eigenvalue weighted by Crippen LogP contribution is -2.15. The van der Waals surface area contributed by atoms with Gasteiger partial charge in [0.1, 0.15) is 23.7 Å². The van der Waals surface area contributed by atoms with Crippen LogP contribution in [0.25, 0.3) is 11.2 Å². The van der Waals surface area contributed by atoms with Gasteiger partial charge in [0.2, 0.25) is 0 Å². The molecule has 106 valence electrons. The number of rotatable bonds is 2. The predicted octanol–water partition coefficient (Wildman–Crippen LogP) is 3.91. The van der Waals surface area contributed by atoms with Gasteiger partial charge >= 0.3 is 0 Å². The van der Waals surface area contributed by atoms with Crippen molar-refractivity contribution >= 4 is 38.7 Å². The third kappa shape index (κ3) is 2.03. The summed E-state index contributed by atoms with van der Waals surface area (Å²) in [6.07, 6.45) is 1.78. The molecule has 0 N–H and O–H groups in total. The molecule has 1 aromatic carbocycles. The number of fused-ring (bicyclic) bond motifs is 2. The van der Waals surface area contributed by atoms with Crippen LogP contribution in [0.1, 0.15) is 17.4 Å². The fraction of sp³-hybridized carbons (Fsp3) is 0.200. The van der Waals surface area contributed by atoms with E-state index in [1.54, 1.807) is 6.20 Å². The van der Waals surface area contributed by atoms with Gasteiger partial charge in [0, 0.05) is 16.2 Å². The van der Waals surface area contributed by atoms with Crippen LogP contribution >= 0.6 is 27.5 Å². The molecule has 0 spiro atoms. The number of imidazole rings is 1. The number of alkyl halides is 1. The van der Waals surface area contributed by atoms with Gasteiger partial charge in [-0.05, 0) is 28.1 Å². The monoisotopic (exact) mass is 363 g/mol. The van der Waals surface area contributed by atoms with Crippen LogP contribution in [-0.2, 0) is 5.88 Å². The summed E-state index contributed by atoms with van der Waals surface area (Å²) in [6.45, 7) is 0.576. The van der Waals surface area contributed by atoms with Crippen molar-refractivity contribution in [1.82, 2.24) is 14.5 Å². The lowest BCUT2D eigenvalue weighted by atomic mass is 10.1. The van der Waals surface area contributed by atoms with Gasteiger partial charge in [-0.2, -0.15) is 0 Å². The molecule has 0 bridgehead atoms. The largest absolute Gasteiger partial charge is 0.491 e. The first kappa shape index (κ1) is 13.1. The second kappa shape index (κ2) is 5.00. The van der Waals surface area contributed by atoms with Gasteiger partial charge in [-0.3, -0.25) is 0 Å². The van der Waals surface area contributed by atoms with Crippen molar-refractivity contribution in [1.29, 1.82) is 0 Å². The highest BCUT2D eigenvalue weighted by atomic mass is 79.9. The highest BCUT2D eigenvalue weighted by Gasteiger charge is 2.29. The zero-order chi connectivity index (χ0) is 14.4. The third-order valence-electron chi connectivity index (χ3n) is 3.68. The summed E-state index contributed by atoms with van der Waals surface area (Å²) >= 11 is 9.51. The molecule has 3 aromatic rings. The third-order valence-corrected chi connectivity index (χ3v) is 4.35. The van der Waals surface area contributed by atoms with E-state index in [2.05, 4.69) is 36.5 Å². The van der Waals surface area contributed by atoms with E-state index in [1.807, 2.05) is 24.3 Å². The molecule has 21 heavy (non-hydrogen) atoms. The Bertz CT molecular complexity index is 833. The smallest absolute Gasteiger partial charge is 0.160 e. The van der Waals surface area contributed by atoms with E-state index in [-0.39, 0.29) is 6.04 Å². The fourth-order valence-corrected chi connectivity index (χ4v) is 3.29. The van der Waals surface area contributed by atoms with Crippen LogP contribution in [0.2, 0.25) is 0 Å². The molecule has 1 aliphatic heterocycles. The molecule has 4 nitrogen and oxygen atoms in total. The van der Waals surface area contributed by atoms with Crippen molar-refractivity contribution in [2.24, 2.45) is 0 Å². The van der Waals surface area contributed by atoms with Crippen molar-refractivity contribution < 1.29 is 4.74 Å². The normalized spacial score (nSPS) is 17.0. The Morgan fingerprint density at radius 1 is 1.38 bits per heavy atom. The van der Waals surface area contributed by atoms with E-state index in [9.17, 15) is 0 Å². The van der Waals surface area contributed by atoms with Crippen molar-refractivity contribution in [3.05, 3.63) is 52.4 Å². The Labute approximate surface area is 134 Å². The molecule has 0 amide bonds. The number of para-hydroxylation sites is 1. The lowest BCUT2D eigenvalue weighted by Gasteiger charge is -2.14. The molecule has 0 saturated heterocycles. The summed E-state index contributed by atoms with van der Waals surface area (Å²) in [6, 6.07) is 10.1. The number of pyridine rings is 1. The first-order valence-corrected chi connectivity index (χ1v) is 7.90. The van der Waals surface area contributed by atoms with Crippen molar-refractivity contribution in [2.75, 3.05) is 6.61 Å². The molecule has 2 aromatic heterocycles. The molecule has 0 fully saturated rings. The average Bonchev–Trinajstić information content (AvgIpc) is 3.07. The van der Waals surface area contributed by atoms with Crippen LogP contribution in [-0.4, -0.2) is 21.1 Å². The van der Waals surface area contributed by atoms with Crippen molar-refractivity contribution in [3.63, 3.8) is 0 Å². The molecule has 0 aliphatic carbocycles. The highest BCUT2D eigenvalue weighted by Crippen LogP contribution is 2.37. The van der Waals surface area contributed by atoms with Crippen LogP contribution in [0.5, 0.6) is 5.75 Å². The zero-order valence-corrected chi connectivity index (χ0v) is 13.3. The Morgan fingerprint density at radius 2 is 2.24 bits per heavy atom. The molecule has 4 rings (SSSR count). The SMILES string of the molecule is ClCc1nc2cc(Br)cnc2n1C1COc2ccccc21. The second-order valence-corrected chi connectivity index (χ2v) is 6.08. The Kier molecular flexibility index (Phi) is 3.12. The molecular weight excluding hydrogens is 354 g/mol. The molecule has 1 aliphatic rings. The molecule has 1 unspecified atom stereocenters. The molecule has 6 heteroatoms. The van der Waals surface area contributed by atoms with Gasteiger partial charge < -0.3 is 9.30 Å². The number of aromatic nitrogens is 3. The predicted molar refractivity (Wildman–Crippen MR) is 84.9 cm³/mol. The van der Waals surface area contributed by atoms with E-state index in [0.29, 0.717) is 12.5 Å². The average molecular weight is 365 g/mol. The summed E-state index contributed by atoms with van der Waals surface area (Å²) in [7, 11) is 0. The summed E-state index contributed by atoms with van der Waals surface area (Å²) in [5, 5.41) is 0. The Balaban J connectivity index is 1.94. The van der Waals surface area contributed by atoms with E-state index in [1.165, 1.54) is 0 Å². The highest BCUT2D eigenvalue weighted by molar-refractivity contribution is 9.10. The zero-order valence-electron chi connectivity index (χ0n) is 11.0. The van der Waals surface area contributed by atoms with E-state index >= 15 is 0 Å². The molecule has 0 radical (unpaired) electrons. The summed E-state index contributed by atoms with van der Waals surface area (Å²) in [5.74, 6) is 2.07. The standard InChI is InChI=1S/C15H11BrClN3O/c16-9-5-11-15(18-7-9)20(14(6-17)19-11)12-8-21-13-4-2-1-3-10(12)13/h1-5,7,12H,6,8H2. The molecule has 1 atom stereocenters. The van der Waals surface area contributed by atoms with Crippen LogP contribution in [0.3, 0.4) is 0 Å². The van der Waals surface area contributed by atoms with Crippen LogP contribution in [0.15, 0.2) is 41.0 Å². The minimum atomic E-state index is 0.0635. The van der Waals surface area contributed by atoms with Crippen LogP contribution in [0.4, 0.5) is 0 Å². The summed E-state index contributed by atoms with van der Waals surface area (Å²) < 4.78 is 8.77. The molecule has 0 saturated carbocycles. The van der Waals surface area contributed by atoms with Gasteiger partial charge in [-0.15, -0.1) is 11.6 Å². The van der Waals surface area contributed by atoms with Crippen molar-refractivity contribution in [2.45, 2.75) is 11.9 Å². The lowest BCUT2D eigenvalue weighted by molar-refractivity contribution is 0.316. The van der Waals surface area contributed by atoms with E-state index < -0.39 is 0 Å². The van der Waals surface area contributed by atoms with Gasteiger partial charge in [0.15, 0.2) is 5.65 Å². The molecule has 3 heterocycles. The number of hydrogen-bond acceptors (Lipinski definition) is 3. The Morgan fingerprint density at radius 3 is 3.10 bits per heavy atom. The van der Waals surface area contributed by atoms with Crippen LogP contribution in [0, 0.1) is 0 Å². The topological polar surface area (TPSA) is 39.9 Å². The number of benzene rings is 1. The summed E-state index contributed by atoms with van der Waals surface area (Å²) in [5.41, 5.74) is 2.82. The number of hydrogen-bond donors (Lipinski definition) is 0. The van der Waals surface area contributed by atoms with Gasteiger partial charge in [-0.1, -0.05) is 18.2 Å². The minimum Gasteiger partial charge on any atom is -0.491 e. The van der Waals surface area contributed by atoms with E-state index in [0.717, 1.165) is 32.8 Å². The maximum absolute atomic E-state index is 6.09. The summed E-state index contributed by atoms with van der Waals surface area (Å²) in [4.78, 5) is 9.10. The van der Waals surface area contributed by atoms with Gasteiger partial charge in [-0.25, -0.2) is 9.97 Å². The van der Waals surface area contributed by atoms with Crippen LogP contribution < -0.4 is 4.74 Å². The van der Waals surface area contributed by atoms with E-state index in [4.69, 9.17) is 16.3 Å². The maximum atomic E-state index is 6.09. The fourth-order valence-electron chi connectivity index (χ4n) is 2.79. The number of ether oxygens (including phenoxy) is 1. The van der Waals surface area contributed by atoms with Crippen molar-refractivity contribution in [3.8, 4) is 5.75 Å². The van der Waals surface area contributed by atoms with Gasteiger partial charge in [0.05, 0.1) is 11.9 Å². The first-order valence-electron chi connectivity index (χ1n) is 6.58. The number of halogens is 2. The minimum absolute atomic E-state index is 0.0635. The Hall–Kier alpha value is -1.59. The first-order chi connectivity index (χ1) is 10.3. The quantitative estimate of drug-likeness (QED) is 0.647. The number of nitrogens with zero attached hydrogens (tertiary/aromatic N) is 3. The maximum Gasteiger partial charge on any atom is 0.160 e. The molecular formula is C15H11BrClN3O. The van der Waals surface area contributed by atoms with Gasteiger partial charge in [0.25, 0.3) is 0 Å². The second-order valence-electron chi connectivity index (χ2n) is 4.89.